The Labute approximate surface area is 121 Å². The minimum atomic E-state index is -0.471. The molecule has 1 aromatic heterocycles. The maximum absolute atomic E-state index is 11.1. The fourth-order valence-corrected chi connectivity index (χ4v) is 2.03. The van der Waals surface area contributed by atoms with Crippen molar-refractivity contribution in [3.8, 4) is 17.2 Å². The van der Waals surface area contributed by atoms with Crippen molar-refractivity contribution in [3.63, 3.8) is 0 Å². The van der Waals surface area contributed by atoms with Crippen molar-refractivity contribution < 1.29 is 14.2 Å². The molecule has 2 rings (SSSR count). The number of ether oxygens (including phenoxy) is 3. The molecule has 0 saturated heterocycles. The van der Waals surface area contributed by atoms with E-state index >= 15 is 0 Å². The third-order valence-electron chi connectivity index (χ3n) is 3.04. The molecule has 0 saturated carbocycles. The van der Waals surface area contributed by atoms with E-state index in [4.69, 9.17) is 19.9 Å². The predicted molar refractivity (Wildman–Crippen MR) is 78.2 cm³/mol. The van der Waals surface area contributed by atoms with Crippen LogP contribution in [0.4, 0.5) is 5.82 Å². The SMILES string of the molecule is COc1cc(Cc2cnc(=O)[nH]c2N)cc(OC)c1OC. The molecule has 7 heteroatoms. The number of aromatic amines is 1. The number of hydrogen-bond acceptors (Lipinski definition) is 6. The van der Waals surface area contributed by atoms with E-state index in [1.54, 1.807) is 21.3 Å². The van der Waals surface area contributed by atoms with E-state index < -0.39 is 5.69 Å². The summed E-state index contributed by atoms with van der Waals surface area (Å²) in [7, 11) is 4.65. The molecule has 0 fully saturated rings. The van der Waals surface area contributed by atoms with Gasteiger partial charge in [-0.05, 0) is 17.7 Å². The fraction of sp³-hybridized carbons (Fsp3) is 0.286. The molecule has 0 aliphatic rings. The van der Waals surface area contributed by atoms with Gasteiger partial charge < -0.3 is 19.9 Å². The Balaban J connectivity index is 2.42. The van der Waals surface area contributed by atoms with E-state index in [1.807, 2.05) is 12.1 Å². The Morgan fingerprint density at radius 1 is 1.14 bits per heavy atom. The van der Waals surface area contributed by atoms with E-state index in [-0.39, 0.29) is 0 Å². The van der Waals surface area contributed by atoms with E-state index in [2.05, 4.69) is 9.97 Å². The van der Waals surface area contributed by atoms with Crippen LogP contribution in [-0.2, 0) is 6.42 Å². The maximum atomic E-state index is 11.1. The molecule has 0 aliphatic carbocycles. The zero-order chi connectivity index (χ0) is 15.4. The molecule has 0 bridgehead atoms. The Kier molecular flexibility index (Phi) is 4.32. The molecule has 0 unspecified atom stereocenters. The molecule has 0 radical (unpaired) electrons. The van der Waals surface area contributed by atoms with Crippen molar-refractivity contribution >= 4 is 5.82 Å². The number of nitrogens with two attached hydrogens (primary N) is 1. The number of nitrogen functional groups attached to an aromatic ring is 1. The number of nitrogens with one attached hydrogen (secondary N) is 1. The van der Waals surface area contributed by atoms with Crippen molar-refractivity contribution in [3.05, 3.63) is 39.9 Å². The van der Waals surface area contributed by atoms with Crippen LogP contribution in [0.25, 0.3) is 0 Å². The number of aromatic nitrogens is 2. The minimum Gasteiger partial charge on any atom is -0.493 e. The summed E-state index contributed by atoms with van der Waals surface area (Å²) < 4.78 is 15.9. The van der Waals surface area contributed by atoms with E-state index in [0.29, 0.717) is 35.1 Å². The number of benzene rings is 1. The van der Waals surface area contributed by atoms with Crippen molar-refractivity contribution in [2.75, 3.05) is 27.1 Å². The molecule has 0 spiro atoms. The molecular formula is C14H17N3O4. The van der Waals surface area contributed by atoms with Gasteiger partial charge in [-0.25, -0.2) is 9.78 Å². The summed E-state index contributed by atoms with van der Waals surface area (Å²) >= 11 is 0. The van der Waals surface area contributed by atoms with Gasteiger partial charge in [0.1, 0.15) is 5.82 Å². The lowest BCUT2D eigenvalue weighted by Gasteiger charge is -2.14. The standard InChI is InChI=1S/C14H17N3O4/c1-19-10-5-8(6-11(20-2)12(10)21-3)4-9-7-16-14(18)17-13(9)15/h5-7H,4H2,1-3H3,(H3,15,16,17,18). The van der Waals surface area contributed by atoms with Crippen LogP contribution < -0.4 is 25.6 Å². The van der Waals surface area contributed by atoms with Crippen LogP contribution in [0.5, 0.6) is 17.2 Å². The molecule has 1 aromatic carbocycles. The van der Waals surface area contributed by atoms with Crippen LogP contribution in [0, 0.1) is 0 Å². The van der Waals surface area contributed by atoms with Gasteiger partial charge in [-0.1, -0.05) is 0 Å². The smallest absolute Gasteiger partial charge is 0.346 e. The van der Waals surface area contributed by atoms with Gasteiger partial charge in [-0.2, -0.15) is 0 Å². The van der Waals surface area contributed by atoms with Crippen LogP contribution in [0.3, 0.4) is 0 Å². The first-order valence-electron chi connectivity index (χ1n) is 6.21. The van der Waals surface area contributed by atoms with Gasteiger partial charge in [-0.3, -0.25) is 4.98 Å². The average Bonchev–Trinajstić information content (AvgIpc) is 2.49. The van der Waals surface area contributed by atoms with Crippen molar-refractivity contribution in [2.24, 2.45) is 0 Å². The van der Waals surface area contributed by atoms with Crippen LogP contribution in [0.1, 0.15) is 11.1 Å². The molecule has 21 heavy (non-hydrogen) atoms. The summed E-state index contributed by atoms with van der Waals surface area (Å²) in [6, 6.07) is 3.65. The number of anilines is 1. The van der Waals surface area contributed by atoms with Gasteiger partial charge >= 0.3 is 5.69 Å². The second-order valence-electron chi connectivity index (χ2n) is 4.34. The number of H-pyrrole nitrogens is 1. The topological polar surface area (TPSA) is 99.5 Å². The number of rotatable bonds is 5. The Morgan fingerprint density at radius 2 is 1.76 bits per heavy atom. The normalized spacial score (nSPS) is 10.2. The fourth-order valence-electron chi connectivity index (χ4n) is 2.03. The lowest BCUT2D eigenvalue weighted by atomic mass is 10.1. The maximum Gasteiger partial charge on any atom is 0.346 e. The highest BCUT2D eigenvalue weighted by molar-refractivity contribution is 5.55. The Bertz CT molecular complexity index is 672. The summed E-state index contributed by atoms with van der Waals surface area (Å²) in [6.45, 7) is 0. The quantitative estimate of drug-likeness (QED) is 0.851. The molecule has 0 aliphatic heterocycles. The van der Waals surface area contributed by atoms with E-state index in [0.717, 1.165) is 5.56 Å². The van der Waals surface area contributed by atoms with Gasteiger partial charge in [0.2, 0.25) is 5.75 Å². The van der Waals surface area contributed by atoms with Gasteiger partial charge in [0.25, 0.3) is 0 Å². The molecular weight excluding hydrogens is 274 g/mol. The van der Waals surface area contributed by atoms with E-state index in [9.17, 15) is 4.79 Å². The number of methoxy groups -OCH3 is 3. The van der Waals surface area contributed by atoms with Gasteiger partial charge in [0.15, 0.2) is 11.5 Å². The summed E-state index contributed by atoms with van der Waals surface area (Å²) in [5, 5.41) is 0. The minimum absolute atomic E-state index is 0.295. The highest BCUT2D eigenvalue weighted by Gasteiger charge is 2.14. The molecule has 1 heterocycles. The number of hydrogen-bond donors (Lipinski definition) is 2. The highest BCUT2D eigenvalue weighted by Crippen LogP contribution is 2.38. The lowest BCUT2D eigenvalue weighted by Crippen LogP contribution is -2.14. The molecule has 112 valence electrons. The first-order chi connectivity index (χ1) is 10.1. The first kappa shape index (κ1) is 14.7. The van der Waals surface area contributed by atoms with Crippen LogP contribution >= 0.6 is 0 Å². The molecule has 7 nitrogen and oxygen atoms in total. The zero-order valence-corrected chi connectivity index (χ0v) is 12.1. The first-order valence-corrected chi connectivity index (χ1v) is 6.21. The summed E-state index contributed by atoms with van der Waals surface area (Å²) in [4.78, 5) is 17.2. The third-order valence-corrected chi connectivity index (χ3v) is 3.04. The van der Waals surface area contributed by atoms with Gasteiger partial charge in [0.05, 0.1) is 21.3 Å². The predicted octanol–water partition coefficient (Wildman–Crippen LogP) is 0.969. The van der Waals surface area contributed by atoms with Crippen LogP contribution in [-0.4, -0.2) is 31.3 Å². The van der Waals surface area contributed by atoms with Crippen molar-refractivity contribution in [1.29, 1.82) is 0 Å². The highest BCUT2D eigenvalue weighted by atomic mass is 16.5. The van der Waals surface area contributed by atoms with Crippen molar-refractivity contribution in [1.82, 2.24) is 9.97 Å². The van der Waals surface area contributed by atoms with Gasteiger partial charge in [-0.15, -0.1) is 0 Å². The lowest BCUT2D eigenvalue weighted by molar-refractivity contribution is 0.324. The van der Waals surface area contributed by atoms with Crippen LogP contribution in [0.2, 0.25) is 0 Å². The van der Waals surface area contributed by atoms with Crippen molar-refractivity contribution in [2.45, 2.75) is 6.42 Å². The molecule has 2 aromatic rings. The largest absolute Gasteiger partial charge is 0.493 e. The average molecular weight is 291 g/mol. The summed E-state index contributed by atoms with van der Waals surface area (Å²) in [5.74, 6) is 1.94. The molecule has 3 N–H and O–H groups in total. The third kappa shape index (κ3) is 3.07. The summed E-state index contributed by atoms with van der Waals surface area (Å²) in [5.41, 5.74) is 6.92. The monoisotopic (exact) mass is 291 g/mol. The zero-order valence-electron chi connectivity index (χ0n) is 12.1. The second-order valence-corrected chi connectivity index (χ2v) is 4.34. The Hall–Kier alpha value is -2.70. The molecule has 0 amide bonds. The summed E-state index contributed by atoms with van der Waals surface area (Å²) in [6.07, 6.45) is 1.93. The molecule has 0 atom stereocenters. The Morgan fingerprint density at radius 3 is 2.24 bits per heavy atom. The van der Waals surface area contributed by atoms with E-state index in [1.165, 1.54) is 6.20 Å². The number of nitrogens with zero attached hydrogens (tertiary/aromatic N) is 1. The van der Waals surface area contributed by atoms with Crippen LogP contribution in [0.15, 0.2) is 23.1 Å². The second kappa shape index (κ2) is 6.17. The van der Waals surface area contributed by atoms with Gasteiger partial charge in [0, 0.05) is 18.2 Å².